The van der Waals surface area contributed by atoms with Crippen molar-refractivity contribution in [3.05, 3.63) is 60.3 Å². The van der Waals surface area contributed by atoms with E-state index in [0.717, 1.165) is 28.5 Å². The van der Waals surface area contributed by atoms with Crippen LogP contribution in [-0.2, 0) is 6.54 Å². The quantitative estimate of drug-likeness (QED) is 0.672. The Labute approximate surface area is 153 Å². The van der Waals surface area contributed by atoms with Gasteiger partial charge < -0.3 is 15.4 Å². The van der Waals surface area contributed by atoms with Gasteiger partial charge in [-0.1, -0.05) is 24.3 Å². The van der Waals surface area contributed by atoms with Crippen molar-refractivity contribution in [3.8, 4) is 17.1 Å². The molecule has 0 amide bonds. The minimum atomic E-state index is 0.232. The predicted molar refractivity (Wildman–Crippen MR) is 104 cm³/mol. The van der Waals surface area contributed by atoms with Gasteiger partial charge in [-0.05, 0) is 32.0 Å². The van der Waals surface area contributed by atoms with Gasteiger partial charge in [0.2, 0.25) is 5.95 Å². The van der Waals surface area contributed by atoms with Crippen molar-refractivity contribution in [3.63, 3.8) is 0 Å². The Balaban J connectivity index is 1.88. The van der Waals surface area contributed by atoms with Crippen LogP contribution in [-0.4, -0.2) is 28.1 Å². The number of rotatable bonds is 7. The largest absolute Gasteiger partial charge is 0.496 e. The molecule has 2 aromatic heterocycles. The number of benzene rings is 1. The van der Waals surface area contributed by atoms with Crippen LogP contribution in [0.1, 0.15) is 19.4 Å². The first-order valence-corrected chi connectivity index (χ1v) is 8.58. The summed E-state index contributed by atoms with van der Waals surface area (Å²) in [4.78, 5) is 13.5. The Bertz CT molecular complexity index is 852. The highest BCUT2D eigenvalue weighted by Crippen LogP contribution is 2.22. The van der Waals surface area contributed by atoms with Crippen molar-refractivity contribution >= 4 is 11.8 Å². The summed E-state index contributed by atoms with van der Waals surface area (Å²) in [5.74, 6) is 2.15. The molecule has 0 saturated heterocycles. The molecule has 0 unspecified atom stereocenters. The molecule has 2 N–H and O–H groups in total. The van der Waals surface area contributed by atoms with E-state index in [2.05, 4.69) is 39.4 Å². The van der Waals surface area contributed by atoms with E-state index in [0.29, 0.717) is 12.5 Å². The van der Waals surface area contributed by atoms with Crippen molar-refractivity contribution < 1.29 is 4.74 Å². The summed E-state index contributed by atoms with van der Waals surface area (Å²) in [5, 5.41) is 6.62. The van der Waals surface area contributed by atoms with Crippen LogP contribution in [0.15, 0.2) is 54.7 Å². The highest BCUT2D eigenvalue weighted by Gasteiger charge is 2.09. The minimum Gasteiger partial charge on any atom is -0.496 e. The van der Waals surface area contributed by atoms with Gasteiger partial charge in [-0.15, -0.1) is 0 Å². The number of aromatic nitrogens is 3. The minimum absolute atomic E-state index is 0.232. The highest BCUT2D eigenvalue weighted by atomic mass is 16.5. The van der Waals surface area contributed by atoms with Crippen LogP contribution >= 0.6 is 0 Å². The summed E-state index contributed by atoms with van der Waals surface area (Å²) in [6.45, 7) is 4.71. The second-order valence-corrected chi connectivity index (χ2v) is 6.14. The van der Waals surface area contributed by atoms with Crippen LogP contribution in [0.4, 0.5) is 11.8 Å². The summed E-state index contributed by atoms with van der Waals surface area (Å²) in [6.07, 6.45) is 1.76. The van der Waals surface area contributed by atoms with E-state index in [1.54, 1.807) is 13.3 Å². The first-order chi connectivity index (χ1) is 12.7. The Morgan fingerprint density at radius 1 is 1.00 bits per heavy atom. The second-order valence-electron chi connectivity index (χ2n) is 6.14. The topological polar surface area (TPSA) is 72.0 Å². The van der Waals surface area contributed by atoms with Crippen LogP contribution in [0.3, 0.4) is 0 Å². The monoisotopic (exact) mass is 349 g/mol. The molecule has 0 bridgehead atoms. The fourth-order valence-corrected chi connectivity index (χ4v) is 2.54. The van der Waals surface area contributed by atoms with Gasteiger partial charge in [0, 0.05) is 30.4 Å². The number of methoxy groups -OCH3 is 1. The van der Waals surface area contributed by atoms with Crippen molar-refractivity contribution in [2.24, 2.45) is 0 Å². The van der Waals surface area contributed by atoms with Gasteiger partial charge in [-0.2, -0.15) is 4.98 Å². The van der Waals surface area contributed by atoms with Gasteiger partial charge in [-0.3, -0.25) is 4.98 Å². The predicted octanol–water partition coefficient (Wildman–Crippen LogP) is 3.98. The normalized spacial score (nSPS) is 10.6. The second kappa shape index (κ2) is 8.29. The molecule has 0 radical (unpaired) electrons. The van der Waals surface area contributed by atoms with Gasteiger partial charge in [0.05, 0.1) is 18.5 Å². The molecule has 6 nitrogen and oxygen atoms in total. The summed E-state index contributed by atoms with van der Waals surface area (Å²) in [5.41, 5.74) is 2.64. The molecular weight excluding hydrogens is 326 g/mol. The number of nitrogens with one attached hydrogen (secondary N) is 2. The third-order valence-corrected chi connectivity index (χ3v) is 3.72. The lowest BCUT2D eigenvalue weighted by Gasteiger charge is -2.14. The number of pyridine rings is 1. The first kappa shape index (κ1) is 17.7. The average Bonchev–Trinajstić information content (AvgIpc) is 2.66. The molecule has 0 spiro atoms. The van der Waals surface area contributed by atoms with Crippen LogP contribution < -0.4 is 15.4 Å². The Morgan fingerprint density at radius 3 is 2.54 bits per heavy atom. The molecule has 0 fully saturated rings. The van der Waals surface area contributed by atoms with Crippen molar-refractivity contribution in [2.45, 2.75) is 26.4 Å². The van der Waals surface area contributed by atoms with Gasteiger partial charge >= 0.3 is 0 Å². The summed E-state index contributed by atoms with van der Waals surface area (Å²) in [6, 6.07) is 15.8. The molecule has 1 aromatic carbocycles. The Morgan fingerprint density at radius 2 is 1.81 bits per heavy atom. The van der Waals surface area contributed by atoms with Crippen LogP contribution in [0.25, 0.3) is 11.4 Å². The van der Waals surface area contributed by atoms with Crippen LogP contribution in [0.2, 0.25) is 0 Å². The van der Waals surface area contributed by atoms with Crippen molar-refractivity contribution in [1.82, 2.24) is 15.0 Å². The SMILES string of the molecule is COc1ccccc1CNc1cc(-c2ccccn2)nc(NC(C)C)n1. The molecule has 26 heavy (non-hydrogen) atoms. The number of anilines is 2. The molecular formula is C20H23N5O. The van der Waals surface area contributed by atoms with Gasteiger partial charge in [0.1, 0.15) is 11.6 Å². The molecule has 3 rings (SSSR count). The third-order valence-electron chi connectivity index (χ3n) is 3.72. The van der Waals surface area contributed by atoms with E-state index in [1.165, 1.54) is 0 Å². The zero-order valence-electron chi connectivity index (χ0n) is 15.2. The molecule has 134 valence electrons. The van der Waals surface area contributed by atoms with Crippen LogP contribution in [0.5, 0.6) is 5.75 Å². The number of nitrogens with zero attached hydrogens (tertiary/aromatic N) is 3. The number of ether oxygens (including phenoxy) is 1. The lowest BCUT2D eigenvalue weighted by Crippen LogP contribution is -2.14. The lowest BCUT2D eigenvalue weighted by atomic mass is 10.2. The molecule has 0 atom stereocenters. The lowest BCUT2D eigenvalue weighted by molar-refractivity contribution is 0.410. The average molecular weight is 349 g/mol. The van der Waals surface area contributed by atoms with E-state index in [-0.39, 0.29) is 6.04 Å². The Kier molecular flexibility index (Phi) is 5.63. The smallest absolute Gasteiger partial charge is 0.225 e. The van der Waals surface area contributed by atoms with Crippen molar-refractivity contribution in [1.29, 1.82) is 0 Å². The van der Waals surface area contributed by atoms with Gasteiger partial charge in [0.15, 0.2) is 0 Å². The number of para-hydroxylation sites is 1. The number of hydrogen-bond donors (Lipinski definition) is 2. The van der Waals surface area contributed by atoms with Gasteiger partial charge in [0.25, 0.3) is 0 Å². The van der Waals surface area contributed by atoms with E-state index >= 15 is 0 Å². The highest BCUT2D eigenvalue weighted by molar-refractivity contribution is 5.61. The standard InChI is InChI=1S/C20H23N5O/c1-14(2)23-20-24-17(16-9-6-7-11-21-16)12-19(25-20)22-13-15-8-4-5-10-18(15)26-3/h4-12,14H,13H2,1-3H3,(H2,22,23,24,25). The first-order valence-electron chi connectivity index (χ1n) is 8.58. The molecule has 0 aliphatic heterocycles. The summed E-state index contributed by atoms with van der Waals surface area (Å²) < 4.78 is 5.41. The molecule has 0 aliphatic rings. The van der Waals surface area contributed by atoms with E-state index in [9.17, 15) is 0 Å². The molecule has 3 aromatic rings. The Hall–Kier alpha value is -3.15. The molecule has 2 heterocycles. The zero-order valence-corrected chi connectivity index (χ0v) is 15.2. The maximum absolute atomic E-state index is 5.41. The fourth-order valence-electron chi connectivity index (χ4n) is 2.54. The zero-order chi connectivity index (χ0) is 18.4. The van der Waals surface area contributed by atoms with E-state index < -0.39 is 0 Å². The maximum atomic E-state index is 5.41. The fraction of sp³-hybridized carbons (Fsp3) is 0.250. The third kappa shape index (κ3) is 4.47. The molecule has 0 aliphatic carbocycles. The summed E-state index contributed by atoms with van der Waals surface area (Å²) in [7, 11) is 1.67. The van der Waals surface area contributed by atoms with E-state index in [1.807, 2.05) is 48.5 Å². The number of hydrogen-bond acceptors (Lipinski definition) is 6. The van der Waals surface area contributed by atoms with Crippen LogP contribution in [0, 0.1) is 0 Å². The van der Waals surface area contributed by atoms with E-state index in [4.69, 9.17) is 4.74 Å². The maximum Gasteiger partial charge on any atom is 0.225 e. The summed E-state index contributed by atoms with van der Waals surface area (Å²) >= 11 is 0. The van der Waals surface area contributed by atoms with Crippen molar-refractivity contribution in [2.75, 3.05) is 17.7 Å². The molecule has 6 heteroatoms. The molecule has 0 saturated carbocycles. The van der Waals surface area contributed by atoms with Gasteiger partial charge in [-0.25, -0.2) is 4.98 Å².